The highest BCUT2D eigenvalue weighted by molar-refractivity contribution is 7.89. The molecule has 1 aliphatic rings. The average Bonchev–Trinajstić information content (AvgIpc) is 3.16. The fourth-order valence-electron chi connectivity index (χ4n) is 2.97. The second-order valence-corrected chi connectivity index (χ2v) is 8.93. The zero-order chi connectivity index (χ0) is 22.8. The molecule has 0 bridgehead atoms. The van der Waals surface area contributed by atoms with Gasteiger partial charge in [0.2, 0.25) is 10.0 Å². The Balaban J connectivity index is 1.94. The van der Waals surface area contributed by atoms with Gasteiger partial charge >= 0.3 is 0 Å². The normalized spacial score (nSPS) is 16.8. The molecule has 2 aromatic rings. The van der Waals surface area contributed by atoms with E-state index in [9.17, 15) is 17.6 Å². The lowest BCUT2D eigenvalue weighted by Gasteiger charge is -2.25. The Bertz CT molecular complexity index is 1090. The van der Waals surface area contributed by atoms with E-state index in [1.54, 1.807) is 0 Å². The van der Waals surface area contributed by atoms with Gasteiger partial charge in [-0.3, -0.25) is 4.79 Å². The summed E-state index contributed by atoms with van der Waals surface area (Å²) in [6.45, 7) is 2.25. The molecule has 0 saturated carbocycles. The van der Waals surface area contributed by atoms with E-state index in [2.05, 4.69) is 10.0 Å². The van der Waals surface area contributed by atoms with Gasteiger partial charge in [-0.2, -0.15) is 0 Å². The van der Waals surface area contributed by atoms with Crippen LogP contribution in [0.15, 0.2) is 41.3 Å². The molecule has 31 heavy (non-hydrogen) atoms. The summed E-state index contributed by atoms with van der Waals surface area (Å²) in [6.07, 6.45) is 0.535. The molecule has 0 unspecified atom stereocenters. The van der Waals surface area contributed by atoms with Crippen LogP contribution in [0.25, 0.3) is 0 Å². The summed E-state index contributed by atoms with van der Waals surface area (Å²) in [6, 6.07) is 7.19. The lowest BCUT2D eigenvalue weighted by Crippen LogP contribution is -2.38. The lowest BCUT2D eigenvalue weighted by atomic mass is 9.52. The van der Waals surface area contributed by atoms with Crippen molar-refractivity contribution in [3.63, 3.8) is 0 Å². The number of benzene rings is 2. The van der Waals surface area contributed by atoms with Gasteiger partial charge < -0.3 is 14.8 Å². The van der Waals surface area contributed by atoms with Crippen molar-refractivity contribution in [3.05, 3.63) is 53.3 Å². The van der Waals surface area contributed by atoms with Crippen LogP contribution in [0.5, 0.6) is 5.75 Å². The monoisotopic (exact) mass is 438 g/mol. The first-order valence-electron chi connectivity index (χ1n) is 9.32. The summed E-state index contributed by atoms with van der Waals surface area (Å²) in [4.78, 5) is 12.7. The fraction of sp³-hybridized carbons (Fsp3) is 0.316. The number of carbonyl (C=O) groups is 1. The number of halogens is 1. The molecular weight excluding hydrogens is 420 g/mol. The van der Waals surface area contributed by atoms with E-state index in [1.807, 2.05) is 0 Å². The predicted octanol–water partition coefficient (Wildman–Crippen LogP) is 0.949. The van der Waals surface area contributed by atoms with E-state index in [-0.39, 0.29) is 28.9 Å². The van der Waals surface area contributed by atoms with Crippen LogP contribution < -0.4 is 14.8 Å². The third-order valence-corrected chi connectivity index (χ3v) is 5.98. The summed E-state index contributed by atoms with van der Waals surface area (Å²) < 4.78 is 51.9. The highest BCUT2D eigenvalue weighted by Crippen LogP contribution is 2.26. The van der Waals surface area contributed by atoms with Gasteiger partial charge in [0.1, 0.15) is 35.1 Å². The molecule has 1 fully saturated rings. The summed E-state index contributed by atoms with van der Waals surface area (Å²) in [5, 5.41) is 0.451. The standard InChI is InChI=1S/C19H18B3FN2O5S/c1-11-8-12(2-4-16(11)23)24-18(26)15-9-14(3-5-17(15)30-19(20,21)22)31(27,28)25-13-6-7-29-10-13/h2-5,8-9,13,25H,6-7,10H2,1H3,(H,24,26)/t13-/m0/s1. The molecule has 1 aliphatic heterocycles. The van der Waals surface area contributed by atoms with Crippen molar-refractivity contribution in [2.45, 2.75) is 29.6 Å². The second kappa shape index (κ2) is 9.06. The molecule has 2 N–H and O–H groups in total. The summed E-state index contributed by atoms with van der Waals surface area (Å²) in [5.74, 6) is -1.30. The molecule has 3 rings (SSSR count). The number of ether oxygens (including phenoxy) is 2. The topological polar surface area (TPSA) is 93.7 Å². The van der Waals surface area contributed by atoms with Crippen LogP contribution in [0.4, 0.5) is 10.1 Å². The maximum Gasteiger partial charge on any atom is 0.259 e. The highest BCUT2D eigenvalue weighted by atomic mass is 32.2. The van der Waals surface area contributed by atoms with Crippen LogP contribution in [0, 0.1) is 12.7 Å². The van der Waals surface area contributed by atoms with E-state index in [0.29, 0.717) is 24.3 Å². The zero-order valence-electron chi connectivity index (χ0n) is 16.7. The molecule has 1 saturated heterocycles. The van der Waals surface area contributed by atoms with E-state index in [1.165, 1.54) is 37.3 Å². The van der Waals surface area contributed by atoms with E-state index in [4.69, 9.17) is 33.0 Å². The van der Waals surface area contributed by atoms with Crippen LogP contribution in [-0.2, 0) is 14.8 Å². The number of carbonyl (C=O) groups excluding carboxylic acids is 1. The van der Waals surface area contributed by atoms with Crippen LogP contribution >= 0.6 is 0 Å². The van der Waals surface area contributed by atoms with Crippen molar-refractivity contribution in [1.29, 1.82) is 0 Å². The molecular formula is C19H18B3FN2O5S. The van der Waals surface area contributed by atoms with Gasteiger partial charge in [-0.15, -0.1) is 0 Å². The number of anilines is 1. The minimum atomic E-state index is -3.95. The van der Waals surface area contributed by atoms with Crippen molar-refractivity contribution in [1.82, 2.24) is 4.72 Å². The molecule has 1 heterocycles. The largest absolute Gasteiger partial charge is 0.515 e. The number of aryl methyl sites for hydroxylation is 1. The summed E-state index contributed by atoms with van der Waals surface area (Å²) >= 11 is 0. The SMILES string of the molecule is [B]C([B])([B])Oc1ccc(S(=O)(=O)N[C@H]2CCOC2)cc1C(=O)Nc1ccc(F)c(C)c1. The van der Waals surface area contributed by atoms with E-state index >= 15 is 0 Å². The summed E-state index contributed by atoms with van der Waals surface area (Å²) in [5.41, 5.74) is 0.431. The number of rotatable bonds is 7. The Morgan fingerprint density at radius 2 is 1.97 bits per heavy atom. The number of hydrogen-bond donors (Lipinski definition) is 2. The zero-order valence-corrected chi connectivity index (χ0v) is 17.5. The van der Waals surface area contributed by atoms with Gasteiger partial charge in [-0.25, -0.2) is 17.5 Å². The molecule has 0 aromatic heterocycles. The number of nitrogens with one attached hydrogen (secondary N) is 2. The van der Waals surface area contributed by atoms with Crippen molar-refractivity contribution in [2.75, 3.05) is 18.5 Å². The van der Waals surface area contributed by atoms with Gasteiger partial charge in [-0.1, -0.05) is 0 Å². The van der Waals surface area contributed by atoms with Crippen molar-refractivity contribution >= 4 is 45.2 Å². The van der Waals surface area contributed by atoms with Crippen molar-refractivity contribution < 1.29 is 27.1 Å². The molecule has 2 aromatic carbocycles. The molecule has 1 amide bonds. The van der Waals surface area contributed by atoms with Gasteiger partial charge in [0.15, 0.2) is 0 Å². The number of hydrogen-bond acceptors (Lipinski definition) is 5. The number of sulfonamides is 1. The third kappa shape index (κ3) is 6.12. The Morgan fingerprint density at radius 1 is 1.23 bits per heavy atom. The quantitative estimate of drug-likeness (QED) is 0.629. The first kappa shape index (κ1) is 23.4. The Hall–Kier alpha value is -2.30. The average molecular weight is 438 g/mol. The number of amides is 1. The van der Waals surface area contributed by atoms with Gasteiger partial charge in [0, 0.05) is 18.3 Å². The Morgan fingerprint density at radius 3 is 2.58 bits per heavy atom. The molecule has 1 atom stereocenters. The van der Waals surface area contributed by atoms with Crippen molar-refractivity contribution in [3.8, 4) is 5.75 Å². The van der Waals surface area contributed by atoms with Crippen LogP contribution in [0.3, 0.4) is 0 Å². The third-order valence-electron chi connectivity index (χ3n) is 4.46. The minimum Gasteiger partial charge on any atom is -0.515 e. The fourth-order valence-corrected chi connectivity index (χ4v) is 4.25. The molecule has 156 valence electrons. The first-order chi connectivity index (χ1) is 14.4. The molecule has 6 radical (unpaired) electrons. The lowest BCUT2D eigenvalue weighted by molar-refractivity contribution is 0.102. The molecule has 0 aliphatic carbocycles. The second-order valence-electron chi connectivity index (χ2n) is 7.21. The predicted molar refractivity (Wildman–Crippen MR) is 116 cm³/mol. The minimum absolute atomic E-state index is 0.132. The maximum atomic E-state index is 13.5. The van der Waals surface area contributed by atoms with Crippen LogP contribution in [-0.4, -0.2) is 62.4 Å². The smallest absolute Gasteiger partial charge is 0.259 e. The van der Waals surface area contributed by atoms with Gasteiger partial charge in [-0.05, 0) is 60.6 Å². The highest BCUT2D eigenvalue weighted by Gasteiger charge is 2.26. The Kier molecular flexibility index (Phi) is 6.83. The van der Waals surface area contributed by atoms with Crippen LogP contribution in [0.2, 0.25) is 0 Å². The molecule has 12 heteroatoms. The first-order valence-corrected chi connectivity index (χ1v) is 10.8. The van der Waals surface area contributed by atoms with Crippen molar-refractivity contribution in [2.24, 2.45) is 0 Å². The van der Waals surface area contributed by atoms with E-state index in [0.717, 1.165) is 6.07 Å². The maximum absolute atomic E-state index is 13.5. The molecule has 7 nitrogen and oxygen atoms in total. The van der Waals surface area contributed by atoms with Crippen LogP contribution in [0.1, 0.15) is 22.3 Å². The summed E-state index contributed by atoms with van der Waals surface area (Å²) in [7, 11) is 12.5. The van der Waals surface area contributed by atoms with E-state index < -0.39 is 27.0 Å². The van der Waals surface area contributed by atoms with Gasteiger partial charge in [0.05, 0.1) is 17.1 Å². The Labute approximate surface area is 184 Å². The van der Waals surface area contributed by atoms with Gasteiger partial charge in [0.25, 0.3) is 5.91 Å². The molecule has 0 spiro atoms.